The molecule has 154 valence electrons. The van der Waals surface area contributed by atoms with Crippen molar-refractivity contribution in [1.82, 2.24) is 10.3 Å². The number of hydrogen-bond donors (Lipinski definition) is 1. The fourth-order valence-corrected chi connectivity index (χ4v) is 5.24. The highest BCUT2D eigenvalue weighted by Crippen LogP contribution is 2.44. The van der Waals surface area contributed by atoms with Crippen LogP contribution in [0, 0.1) is 0 Å². The zero-order chi connectivity index (χ0) is 21.2. The lowest BCUT2D eigenvalue weighted by Crippen LogP contribution is -2.28. The monoisotopic (exact) mass is 463 g/mol. The number of thiocarbonyl (C=S) groups is 1. The number of aromatic nitrogens is 1. The molecule has 0 unspecified atom stereocenters. The molecule has 0 bridgehead atoms. The molecule has 1 aliphatic rings. The molecule has 1 aliphatic heterocycles. The number of halogens is 1. The molecule has 0 radical (unpaired) electrons. The van der Waals surface area contributed by atoms with Gasteiger partial charge >= 0.3 is 0 Å². The predicted molar refractivity (Wildman–Crippen MR) is 130 cm³/mol. The van der Waals surface area contributed by atoms with Crippen molar-refractivity contribution in [3.8, 4) is 11.5 Å². The predicted octanol–water partition coefficient (Wildman–Crippen LogP) is 6.77. The van der Waals surface area contributed by atoms with Crippen LogP contribution < -0.4 is 15.0 Å². The lowest BCUT2D eigenvalue weighted by molar-refractivity contribution is 0.482. The topological polar surface area (TPSA) is 37.4 Å². The molecule has 7 heteroatoms. The minimum absolute atomic E-state index is 0.0548. The molecule has 5 rings (SSSR count). The van der Waals surface area contributed by atoms with E-state index in [4.69, 9.17) is 28.6 Å². The first-order valence-electron chi connectivity index (χ1n) is 9.78. The summed E-state index contributed by atoms with van der Waals surface area (Å²) in [5, 5.41) is 4.11. The summed E-state index contributed by atoms with van der Waals surface area (Å²) in [5.74, 6) is 1.57. The van der Waals surface area contributed by atoms with Gasteiger partial charge in [-0.2, -0.15) is 0 Å². The summed E-state index contributed by atoms with van der Waals surface area (Å²) in [7, 11) is 0. The normalized spacial score (nSPS) is 18.1. The van der Waals surface area contributed by atoms with Gasteiger partial charge in [-0.15, -0.1) is 11.3 Å². The van der Waals surface area contributed by atoms with Crippen LogP contribution in [0.4, 0.5) is 5.69 Å². The van der Waals surface area contributed by atoms with Gasteiger partial charge in [-0.05, 0) is 72.9 Å². The molecule has 3 heterocycles. The molecule has 0 amide bonds. The van der Waals surface area contributed by atoms with Crippen molar-refractivity contribution < 1.29 is 4.74 Å². The Hall–Kier alpha value is -2.93. The summed E-state index contributed by atoms with van der Waals surface area (Å²) in [5.41, 5.74) is 1.91. The largest absolute Gasteiger partial charge is 0.457 e. The van der Waals surface area contributed by atoms with Crippen LogP contribution in [0.5, 0.6) is 11.5 Å². The highest BCUT2D eigenvalue weighted by atomic mass is 35.5. The van der Waals surface area contributed by atoms with E-state index in [1.165, 1.54) is 0 Å². The Kier molecular flexibility index (Phi) is 5.59. The average molecular weight is 464 g/mol. The zero-order valence-electron chi connectivity index (χ0n) is 16.3. The van der Waals surface area contributed by atoms with E-state index in [1.807, 2.05) is 78.9 Å². The van der Waals surface area contributed by atoms with Gasteiger partial charge in [0.05, 0.1) is 22.1 Å². The maximum absolute atomic E-state index is 6.28. The number of nitrogens with zero attached hydrogens (tertiary/aromatic N) is 2. The van der Waals surface area contributed by atoms with Crippen LogP contribution in [0.25, 0.3) is 0 Å². The summed E-state index contributed by atoms with van der Waals surface area (Å²) >= 11 is 13.6. The van der Waals surface area contributed by atoms with Gasteiger partial charge in [0.2, 0.25) is 0 Å². The van der Waals surface area contributed by atoms with E-state index < -0.39 is 0 Å². The Morgan fingerprint density at radius 3 is 2.32 bits per heavy atom. The second kappa shape index (κ2) is 8.67. The van der Waals surface area contributed by atoms with Crippen molar-refractivity contribution in [3.05, 3.63) is 106 Å². The Labute approximate surface area is 195 Å². The lowest BCUT2D eigenvalue weighted by Gasteiger charge is -2.27. The van der Waals surface area contributed by atoms with E-state index in [2.05, 4.69) is 21.3 Å². The maximum Gasteiger partial charge on any atom is 0.174 e. The number of pyridine rings is 1. The maximum atomic E-state index is 6.28. The first-order chi connectivity index (χ1) is 15.2. The van der Waals surface area contributed by atoms with Crippen LogP contribution in [0.1, 0.15) is 22.7 Å². The van der Waals surface area contributed by atoms with Crippen molar-refractivity contribution in [2.45, 2.75) is 12.1 Å². The summed E-state index contributed by atoms with van der Waals surface area (Å²) in [6.07, 6.45) is 1.80. The number of thiophene rings is 1. The van der Waals surface area contributed by atoms with Crippen molar-refractivity contribution >= 4 is 46.0 Å². The average Bonchev–Trinajstić information content (AvgIpc) is 3.38. The van der Waals surface area contributed by atoms with Crippen LogP contribution in [-0.2, 0) is 0 Å². The van der Waals surface area contributed by atoms with Gasteiger partial charge in [0.25, 0.3) is 0 Å². The second-order valence-corrected chi connectivity index (χ2v) is 9.18. The molecule has 2 atom stereocenters. The fourth-order valence-electron chi connectivity index (χ4n) is 3.71. The molecule has 4 aromatic rings. The van der Waals surface area contributed by atoms with Crippen LogP contribution in [-0.4, -0.2) is 10.1 Å². The summed E-state index contributed by atoms with van der Waals surface area (Å²) in [4.78, 5) is 7.82. The van der Waals surface area contributed by atoms with E-state index in [1.54, 1.807) is 17.5 Å². The van der Waals surface area contributed by atoms with Crippen molar-refractivity contribution in [2.24, 2.45) is 0 Å². The third kappa shape index (κ3) is 4.14. The molecule has 31 heavy (non-hydrogen) atoms. The summed E-state index contributed by atoms with van der Waals surface area (Å²) in [6, 6.07) is 27.5. The van der Waals surface area contributed by atoms with E-state index in [9.17, 15) is 0 Å². The molecule has 1 saturated heterocycles. The minimum atomic E-state index is -0.0799. The Bertz CT molecular complexity index is 1180. The first-order valence-corrected chi connectivity index (χ1v) is 11.4. The van der Waals surface area contributed by atoms with Gasteiger partial charge in [0.15, 0.2) is 5.11 Å². The van der Waals surface area contributed by atoms with Gasteiger partial charge in [-0.25, -0.2) is 0 Å². The van der Waals surface area contributed by atoms with Gasteiger partial charge < -0.3 is 15.0 Å². The number of hydrogen-bond acceptors (Lipinski definition) is 4. The van der Waals surface area contributed by atoms with Crippen LogP contribution >= 0.6 is 35.2 Å². The van der Waals surface area contributed by atoms with Crippen molar-refractivity contribution in [3.63, 3.8) is 0 Å². The Morgan fingerprint density at radius 2 is 1.65 bits per heavy atom. The highest BCUT2D eigenvalue weighted by molar-refractivity contribution is 7.80. The van der Waals surface area contributed by atoms with Crippen molar-refractivity contribution in [2.75, 3.05) is 4.90 Å². The second-order valence-electron chi connectivity index (χ2n) is 7.05. The molecule has 0 saturated carbocycles. The molecule has 4 nitrogen and oxygen atoms in total. The molecular weight excluding hydrogens is 446 g/mol. The number of ether oxygens (including phenoxy) is 1. The molecule has 2 aromatic carbocycles. The Morgan fingerprint density at radius 1 is 0.903 bits per heavy atom. The molecule has 0 spiro atoms. The molecule has 2 aromatic heterocycles. The number of benzene rings is 2. The summed E-state index contributed by atoms with van der Waals surface area (Å²) in [6.45, 7) is 0. The molecule has 1 N–H and O–H groups in total. The minimum Gasteiger partial charge on any atom is -0.457 e. The van der Waals surface area contributed by atoms with E-state index >= 15 is 0 Å². The molecule has 0 aliphatic carbocycles. The first kappa shape index (κ1) is 20.0. The van der Waals surface area contributed by atoms with Gasteiger partial charge in [-0.1, -0.05) is 35.9 Å². The molecular formula is C24H18ClN3OS2. The van der Waals surface area contributed by atoms with Gasteiger partial charge in [0, 0.05) is 16.8 Å². The summed E-state index contributed by atoms with van der Waals surface area (Å²) < 4.78 is 6.68. The fraction of sp³-hybridized carbons (Fsp3) is 0.0833. The van der Waals surface area contributed by atoms with Crippen molar-refractivity contribution in [1.29, 1.82) is 0 Å². The standard InChI is InChI=1S/C24H18ClN3OS2/c25-21-14-13-20(31-21)23-22(19-8-4-5-15-26-19)27-24(30)28(23)16-9-11-18(12-10-16)29-17-6-2-1-3-7-17/h1-15,22-23H,(H,27,30)/t22-,23-/m1/s1. The number of rotatable bonds is 5. The van der Waals surface area contributed by atoms with Crippen LogP contribution in [0.3, 0.4) is 0 Å². The van der Waals surface area contributed by atoms with E-state index in [-0.39, 0.29) is 12.1 Å². The van der Waals surface area contributed by atoms with Gasteiger partial charge in [-0.3, -0.25) is 4.98 Å². The lowest BCUT2D eigenvalue weighted by atomic mass is 10.0. The van der Waals surface area contributed by atoms with E-state index in [0.717, 1.165) is 32.1 Å². The van der Waals surface area contributed by atoms with Crippen LogP contribution in [0.2, 0.25) is 4.34 Å². The quantitative estimate of drug-likeness (QED) is 0.331. The number of para-hydroxylation sites is 1. The third-order valence-electron chi connectivity index (χ3n) is 5.08. The highest BCUT2D eigenvalue weighted by Gasteiger charge is 2.41. The molecule has 1 fully saturated rings. The van der Waals surface area contributed by atoms with Crippen LogP contribution in [0.15, 0.2) is 91.1 Å². The smallest absolute Gasteiger partial charge is 0.174 e. The Balaban J connectivity index is 1.48. The zero-order valence-corrected chi connectivity index (χ0v) is 18.7. The number of anilines is 1. The van der Waals surface area contributed by atoms with E-state index in [0.29, 0.717) is 5.11 Å². The third-order valence-corrected chi connectivity index (χ3v) is 6.69. The van der Waals surface area contributed by atoms with Gasteiger partial charge in [0.1, 0.15) is 11.5 Å². The SMILES string of the molecule is S=C1N[C@H](c2ccccn2)[C@@H](c2ccc(Cl)s2)N1c1ccc(Oc2ccccc2)cc1. The number of nitrogens with one attached hydrogen (secondary N) is 1.